The molecule has 1 aromatic heterocycles. The fourth-order valence-electron chi connectivity index (χ4n) is 1.46. The van der Waals surface area contributed by atoms with Gasteiger partial charge >= 0.3 is 0 Å². The highest BCUT2D eigenvalue weighted by molar-refractivity contribution is 5.78. The van der Waals surface area contributed by atoms with Gasteiger partial charge in [-0.25, -0.2) is 0 Å². The van der Waals surface area contributed by atoms with E-state index in [4.69, 9.17) is 0 Å². The topological polar surface area (TPSA) is 73.1 Å². The standard InChI is InChI=1S/C12H8N2O3/c15-8-9-5-11(7-13-6-9)10-1-3-12(4-2-10)14(16)17/h1-8H. The molecule has 1 aromatic carbocycles. The monoisotopic (exact) mass is 228 g/mol. The lowest BCUT2D eigenvalue weighted by Gasteiger charge is -2.01. The molecule has 0 N–H and O–H groups in total. The van der Waals surface area contributed by atoms with E-state index in [1.807, 2.05) is 0 Å². The number of hydrogen-bond donors (Lipinski definition) is 0. The van der Waals surface area contributed by atoms with Gasteiger partial charge in [0.2, 0.25) is 0 Å². The van der Waals surface area contributed by atoms with Crippen LogP contribution >= 0.6 is 0 Å². The lowest BCUT2D eigenvalue weighted by Crippen LogP contribution is -1.88. The van der Waals surface area contributed by atoms with Crippen molar-refractivity contribution in [2.75, 3.05) is 0 Å². The molecule has 0 aliphatic heterocycles. The average Bonchev–Trinajstić information content (AvgIpc) is 2.39. The Hall–Kier alpha value is -2.56. The molecule has 0 atom stereocenters. The van der Waals surface area contributed by atoms with Crippen molar-refractivity contribution in [1.82, 2.24) is 4.98 Å². The fraction of sp³-hybridized carbons (Fsp3) is 0. The van der Waals surface area contributed by atoms with Gasteiger partial charge in [-0.1, -0.05) is 0 Å². The Bertz CT molecular complexity index is 564. The molecule has 5 heteroatoms. The highest BCUT2D eigenvalue weighted by Gasteiger charge is 2.05. The second-order valence-electron chi connectivity index (χ2n) is 3.43. The number of nitro groups is 1. The Kier molecular flexibility index (Phi) is 2.91. The molecule has 0 saturated carbocycles. The van der Waals surface area contributed by atoms with Crippen LogP contribution in [0, 0.1) is 10.1 Å². The second kappa shape index (κ2) is 4.52. The summed E-state index contributed by atoms with van der Waals surface area (Å²) in [6, 6.07) is 7.78. The van der Waals surface area contributed by atoms with Crippen molar-refractivity contribution < 1.29 is 9.72 Å². The number of aromatic nitrogens is 1. The molecule has 2 aromatic rings. The highest BCUT2D eigenvalue weighted by Crippen LogP contribution is 2.21. The van der Waals surface area contributed by atoms with E-state index >= 15 is 0 Å². The van der Waals surface area contributed by atoms with E-state index in [1.165, 1.54) is 18.3 Å². The van der Waals surface area contributed by atoms with Crippen LogP contribution in [0.3, 0.4) is 0 Å². The molecule has 0 spiro atoms. The van der Waals surface area contributed by atoms with Gasteiger partial charge in [0.05, 0.1) is 4.92 Å². The number of rotatable bonds is 3. The molecule has 5 nitrogen and oxygen atoms in total. The maximum atomic E-state index is 10.6. The van der Waals surface area contributed by atoms with Crippen LogP contribution in [-0.2, 0) is 0 Å². The number of carbonyl (C=O) groups excluding carboxylic acids is 1. The number of carbonyl (C=O) groups is 1. The second-order valence-corrected chi connectivity index (χ2v) is 3.43. The third kappa shape index (κ3) is 2.34. The van der Waals surface area contributed by atoms with Crippen molar-refractivity contribution in [3.63, 3.8) is 0 Å². The zero-order valence-corrected chi connectivity index (χ0v) is 8.74. The van der Waals surface area contributed by atoms with E-state index < -0.39 is 4.92 Å². The third-order valence-corrected chi connectivity index (χ3v) is 2.31. The maximum absolute atomic E-state index is 10.6. The first kappa shape index (κ1) is 10.9. The summed E-state index contributed by atoms with van der Waals surface area (Å²) in [7, 11) is 0. The Morgan fingerprint density at radius 3 is 2.41 bits per heavy atom. The minimum absolute atomic E-state index is 0.0354. The number of benzene rings is 1. The lowest BCUT2D eigenvalue weighted by molar-refractivity contribution is -0.384. The third-order valence-electron chi connectivity index (χ3n) is 2.31. The molecule has 0 aliphatic rings. The molecule has 84 valence electrons. The molecule has 0 saturated heterocycles. The van der Waals surface area contributed by atoms with E-state index in [0.29, 0.717) is 11.8 Å². The summed E-state index contributed by atoms with van der Waals surface area (Å²) in [6.45, 7) is 0. The minimum Gasteiger partial charge on any atom is -0.298 e. The molecule has 0 fully saturated rings. The summed E-state index contributed by atoms with van der Waals surface area (Å²) in [5.74, 6) is 0. The van der Waals surface area contributed by atoms with Crippen LogP contribution in [-0.4, -0.2) is 16.2 Å². The van der Waals surface area contributed by atoms with Crippen molar-refractivity contribution in [3.05, 3.63) is 58.4 Å². The number of non-ortho nitro benzene ring substituents is 1. The summed E-state index contributed by atoms with van der Waals surface area (Å²) >= 11 is 0. The molecule has 0 unspecified atom stereocenters. The predicted octanol–water partition coefficient (Wildman–Crippen LogP) is 2.47. The van der Waals surface area contributed by atoms with E-state index in [2.05, 4.69) is 4.98 Å². The smallest absolute Gasteiger partial charge is 0.269 e. The molecule has 0 aliphatic carbocycles. The van der Waals surface area contributed by atoms with Gasteiger partial charge in [0.25, 0.3) is 5.69 Å². The average molecular weight is 228 g/mol. The number of pyridine rings is 1. The van der Waals surface area contributed by atoms with Crippen LogP contribution in [0.1, 0.15) is 10.4 Å². The van der Waals surface area contributed by atoms with Gasteiger partial charge in [-0.2, -0.15) is 0 Å². The van der Waals surface area contributed by atoms with Crippen molar-refractivity contribution in [2.24, 2.45) is 0 Å². The molecular weight excluding hydrogens is 220 g/mol. The first-order chi connectivity index (χ1) is 8.20. The summed E-state index contributed by atoms with van der Waals surface area (Å²) in [6.07, 6.45) is 3.78. The van der Waals surface area contributed by atoms with Crippen molar-refractivity contribution in [2.45, 2.75) is 0 Å². The number of nitrogens with zero attached hydrogens (tertiary/aromatic N) is 2. The SMILES string of the molecule is O=Cc1cncc(-c2ccc([N+](=O)[O-])cc2)c1. The summed E-state index contributed by atoms with van der Waals surface area (Å²) < 4.78 is 0. The quantitative estimate of drug-likeness (QED) is 0.459. The number of aldehydes is 1. The van der Waals surface area contributed by atoms with E-state index in [0.717, 1.165) is 11.1 Å². The summed E-state index contributed by atoms with van der Waals surface area (Å²) in [5, 5.41) is 10.5. The zero-order chi connectivity index (χ0) is 12.3. The summed E-state index contributed by atoms with van der Waals surface area (Å²) in [4.78, 5) is 24.6. The molecule has 2 rings (SSSR count). The fourth-order valence-corrected chi connectivity index (χ4v) is 1.46. The molecular formula is C12H8N2O3. The Morgan fingerprint density at radius 1 is 1.12 bits per heavy atom. The van der Waals surface area contributed by atoms with Crippen LogP contribution < -0.4 is 0 Å². The van der Waals surface area contributed by atoms with Gasteiger partial charge in [-0.3, -0.25) is 19.9 Å². The van der Waals surface area contributed by atoms with Crippen molar-refractivity contribution in [3.8, 4) is 11.1 Å². The zero-order valence-electron chi connectivity index (χ0n) is 8.74. The Balaban J connectivity index is 2.39. The maximum Gasteiger partial charge on any atom is 0.269 e. The van der Waals surface area contributed by atoms with Crippen LogP contribution in [0.4, 0.5) is 5.69 Å². The van der Waals surface area contributed by atoms with E-state index in [-0.39, 0.29) is 5.69 Å². The van der Waals surface area contributed by atoms with E-state index in [1.54, 1.807) is 24.4 Å². The first-order valence-electron chi connectivity index (χ1n) is 4.86. The minimum atomic E-state index is -0.454. The number of hydrogen-bond acceptors (Lipinski definition) is 4. The molecule has 17 heavy (non-hydrogen) atoms. The van der Waals surface area contributed by atoms with Crippen LogP contribution in [0.5, 0.6) is 0 Å². The largest absolute Gasteiger partial charge is 0.298 e. The van der Waals surface area contributed by atoms with E-state index in [9.17, 15) is 14.9 Å². The van der Waals surface area contributed by atoms with Gasteiger partial charge in [0.15, 0.2) is 6.29 Å². The van der Waals surface area contributed by atoms with Crippen LogP contribution in [0.2, 0.25) is 0 Å². The van der Waals surface area contributed by atoms with Crippen LogP contribution in [0.25, 0.3) is 11.1 Å². The van der Waals surface area contributed by atoms with Gasteiger partial charge in [-0.15, -0.1) is 0 Å². The lowest BCUT2D eigenvalue weighted by atomic mass is 10.1. The summed E-state index contributed by atoms with van der Waals surface area (Å²) in [5.41, 5.74) is 2.05. The van der Waals surface area contributed by atoms with Crippen molar-refractivity contribution in [1.29, 1.82) is 0 Å². The highest BCUT2D eigenvalue weighted by atomic mass is 16.6. The molecule has 0 bridgehead atoms. The van der Waals surface area contributed by atoms with Crippen molar-refractivity contribution >= 4 is 12.0 Å². The molecule has 1 heterocycles. The van der Waals surface area contributed by atoms with Gasteiger partial charge in [-0.05, 0) is 23.8 Å². The van der Waals surface area contributed by atoms with Gasteiger partial charge in [0.1, 0.15) is 0 Å². The molecule has 0 radical (unpaired) electrons. The normalized spacial score (nSPS) is 9.88. The van der Waals surface area contributed by atoms with Gasteiger partial charge < -0.3 is 0 Å². The Labute approximate surface area is 96.9 Å². The Morgan fingerprint density at radius 2 is 1.82 bits per heavy atom. The van der Waals surface area contributed by atoms with Gasteiger partial charge in [0, 0.05) is 35.7 Å². The molecule has 0 amide bonds. The van der Waals surface area contributed by atoms with Crippen LogP contribution in [0.15, 0.2) is 42.7 Å². The number of nitro benzene ring substituents is 1. The predicted molar refractivity (Wildman–Crippen MR) is 61.7 cm³/mol. The first-order valence-corrected chi connectivity index (χ1v) is 4.86.